The van der Waals surface area contributed by atoms with Gasteiger partial charge in [0.15, 0.2) is 11.6 Å². The van der Waals surface area contributed by atoms with Crippen molar-refractivity contribution in [3.05, 3.63) is 29.6 Å². The monoisotopic (exact) mass is 284 g/mol. The van der Waals surface area contributed by atoms with E-state index in [1.165, 1.54) is 13.2 Å². The van der Waals surface area contributed by atoms with Gasteiger partial charge in [0.1, 0.15) is 0 Å². The molecule has 5 heteroatoms. The molecule has 19 heavy (non-hydrogen) atoms. The minimum Gasteiger partial charge on any atom is -0.494 e. The Hall–Kier alpha value is -0.940. The predicted octanol–water partition coefficient (Wildman–Crippen LogP) is 2.10. The summed E-state index contributed by atoms with van der Waals surface area (Å²) in [6, 6.07) is 4.48. The van der Waals surface area contributed by atoms with Crippen molar-refractivity contribution in [1.29, 1.82) is 0 Å². The molecule has 0 radical (unpaired) electrons. The topological polar surface area (TPSA) is 46.5 Å². The molecule has 3 rings (SSSR count). The number of fused-ring (bicyclic) bond motifs is 2. The third-order valence-corrected chi connectivity index (χ3v) is 6.41. The molecule has 1 N–H and O–H groups in total. The van der Waals surface area contributed by atoms with E-state index in [0.29, 0.717) is 18.4 Å². The number of ether oxygens (including phenoxy) is 1. The molecule has 2 fully saturated rings. The van der Waals surface area contributed by atoms with Gasteiger partial charge in [-0.1, -0.05) is 6.07 Å². The molecule has 2 aliphatic heterocycles. The Labute approximate surface area is 114 Å². The van der Waals surface area contributed by atoms with Gasteiger partial charge in [-0.2, -0.15) is 0 Å². The average molecular weight is 284 g/mol. The highest BCUT2D eigenvalue weighted by atomic mass is 32.2. The molecule has 0 saturated carbocycles. The van der Waals surface area contributed by atoms with E-state index in [9.17, 15) is 13.7 Å². The SMILES string of the molecule is COc1cc(C2(O)CC3CCC(C2)S3=O)ccc1F. The second-order valence-corrected chi connectivity index (χ2v) is 7.43. The maximum absolute atomic E-state index is 13.4. The Balaban J connectivity index is 1.95. The number of rotatable bonds is 2. The molecule has 2 atom stereocenters. The molecule has 2 unspecified atom stereocenters. The van der Waals surface area contributed by atoms with E-state index in [1.54, 1.807) is 12.1 Å². The fraction of sp³-hybridized carbons (Fsp3) is 0.571. The molecule has 2 saturated heterocycles. The largest absolute Gasteiger partial charge is 0.494 e. The van der Waals surface area contributed by atoms with Crippen LogP contribution in [0, 0.1) is 5.82 Å². The van der Waals surface area contributed by atoms with Crippen molar-refractivity contribution < 1.29 is 18.4 Å². The zero-order valence-electron chi connectivity index (χ0n) is 10.8. The van der Waals surface area contributed by atoms with E-state index in [-0.39, 0.29) is 16.2 Å². The summed E-state index contributed by atoms with van der Waals surface area (Å²) in [6.07, 6.45) is 2.81. The summed E-state index contributed by atoms with van der Waals surface area (Å²) in [5, 5.41) is 11.0. The zero-order chi connectivity index (χ0) is 13.6. The van der Waals surface area contributed by atoms with Crippen LogP contribution in [-0.4, -0.2) is 26.9 Å². The van der Waals surface area contributed by atoms with Gasteiger partial charge in [0.05, 0.1) is 12.7 Å². The first-order chi connectivity index (χ1) is 9.03. The van der Waals surface area contributed by atoms with E-state index in [2.05, 4.69) is 0 Å². The van der Waals surface area contributed by atoms with Crippen molar-refractivity contribution in [2.75, 3.05) is 7.11 Å². The first-order valence-corrected chi connectivity index (χ1v) is 7.77. The predicted molar refractivity (Wildman–Crippen MR) is 71.0 cm³/mol. The highest BCUT2D eigenvalue weighted by molar-refractivity contribution is 7.86. The van der Waals surface area contributed by atoms with Crippen LogP contribution < -0.4 is 4.74 Å². The molecule has 1 aromatic rings. The lowest BCUT2D eigenvalue weighted by Gasteiger charge is -2.36. The van der Waals surface area contributed by atoms with Crippen LogP contribution in [0.15, 0.2) is 18.2 Å². The lowest BCUT2D eigenvalue weighted by molar-refractivity contribution is 0.0182. The molecule has 0 aromatic heterocycles. The fourth-order valence-corrected chi connectivity index (χ4v) is 5.43. The smallest absolute Gasteiger partial charge is 0.165 e. The Bertz CT molecular complexity index is 515. The summed E-state index contributed by atoms with van der Waals surface area (Å²) in [6.45, 7) is 0. The maximum Gasteiger partial charge on any atom is 0.165 e. The number of aliphatic hydroxyl groups is 1. The van der Waals surface area contributed by atoms with Gasteiger partial charge in [-0.15, -0.1) is 0 Å². The molecule has 3 nitrogen and oxygen atoms in total. The van der Waals surface area contributed by atoms with Crippen LogP contribution in [0.3, 0.4) is 0 Å². The number of methoxy groups -OCH3 is 1. The van der Waals surface area contributed by atoms with Crippen molar-refractivity contribution >= 4 is 10.8 Å². The van der Waals surface area contributed by atoms with E-state index in [0.717, 1.165) is 12.8 Å². The van der Waals surface area contributed by atoms with Crippen molar-refractivity contribution in [1.82, 2.24) is 0 Å². The van der Waals surface area contributed by atoms with Crippen LogP contribution in [0.4, 0.5) is 4.39 Å². The van der Waals surface area contributed by atoms with Gasteiger partial charge in [-0.3, -0.25) is 4.21 Å². The van der Waals surface area contributed by atoms with Crippen molar-refractivity contribution in [2.24, 2.45) is 0 Å². The average Bonchev–Trinajstić information content (AvgIpc) is 2.63. The maximum atomic E-state index is 13.4. The number of hydrogen-bond donors (Lipinski definition) is 1. The minimum absolute atomic E-state index is 0.0693. The van der Waals surface area contributed by atoms with Gasteiger partial charge >= 0.3 is 0 Å². The first kappa shape index (κ1) is 13.1. The quantitative estimate of drug-likeness (QED) is 0.904. The van der Waals surface area contributed by atoms with E-state index in [4.69, 9.17) is 4.74 Å². The summed E-state index contributed by atoms with van der Waals surface area (Å²) < 4.78 is 30.4. The Kier molecular flexibility index (Phi) is 3.14. The third kappa shape index (κ3) is 2.09. The summed E-state index contributed by atoms with van der Waals surface area (Å²) >= 11 is 0. The molecular formula is C14H17FO3S. The van der Waals surface area contributed by atoms with Crippen molar-refractivity contribution in [3.8, 4) is 5.75 Å². The summed E-state index contributed by atoms with van der Waals surface area (Å²) in [7, 11) is 0.593. The summed E-state index contributed by atoms with van der Waals surface area (Å²) in [4.78, 5) is 0. The molecular weight excluding hydrogens is 267 g/mol. The highest BCUT2D eigenvalue weighted by Gasteiger charge is 2.48. The van der Waals surface area contributed by atoms with E-state index < -0.39 is 22.2 Å². The van der Waals surface area contributed by atoms with Gasteiger partial charge in [0.25, 0.3) is 0 Å². The second kappa shape index (κ2) is 4.56. The summed E-state index contributed by atoms with van der Waals surface area (Å²) in [5.41, 5.74) is -0.333. The van der Waals surface area contributed by atoms with Crippen molar-refractivity contribution in [2.45, 2.75) is 41.8 Å². The van der Waals surface area contributed by atoms with Gasteiger partial charge in [-0.05, 0) is 43.4 Å². The van der Waals surface area contributed by atoms with Gasteiger partial charge in [0, 0.05) is 21.3 Å². The molecule has 0 spiro atoms. The highest BCUT2D eigenvalue weighted by Crippen LogP contribution is 2.46. The molecule has 1 aromatic carbocycles. The summed E-state index contributed by atoms with van der Waals surface area (Å²) in [5.74, 6) is -0.290. The van der Waals surface area contributed by atoms with Gasteiger partial charge in [0.2, 0.25) is 0 Å². The molecule has 0 aliphatic carbocycles. The Morgan fingerprint density at radius 2 is 2.00 bits per heavy atom. The van der Waals surface area contributed by atoms with Gasteiger partial charge < -0.3 is 9.84 Å². The van der Waals surface area contributed by atoms with Crippen LogP contribution in [0.5, 0.6) is 5.75 Å². The van der Waals surface area contributed by atoms with Crippen LogP contribution in [-0.2, 0) is 16.4 Å². The fourth-order valence-electron chi connectivity index (χ4n) is 3.27. The molecule has 2 aliphatic rings. The van der Waals surface area contributed by atoms with E-state index >= 15 is 0 Å². The Morgan fingerprint density at radius 1 is 1.37 bits per heavy atom. The lowest BCUT2D eigenvalue weighted by atomic mass is 9.86. The minimum atomic E-state index is -0.999. The molecule has 0 amide bonds. The van der Waals surface area contributed by atoms with Gasteiger partial charge in [-0.25, -0.2) is 4.39 Å². The number of hydrogen-bond acceptors (Lipinski definition) is 3. The number of halogens is 1. The van der Waals surface area contributed by atoms with Crippen molar-refractivity contribution in [3.63, 3.8) is 0 Å². The Morgan fingerprint density at radius 3 is 2.58 bits per heavy atom. The van der Waals surface area contributed by atoms with Crippen LogP contribution in [0.2, 0.25) is 0 Å². The zero-order valence-corrected chi connectivity index (χ0v) is 11.6. The number of benzene rings is 1. The normalized spacial score (nSPS) is 37.3. The third-order valence-electron chi connectivity index (χ3n) is 4.29. The van der Waals surface area contributed by atoms with Crippen LogP contribution in [0.1, 0.15) is 31.2 Å². The molecule has 104 valence electrons. The van der Waals surface area contributed by atoms with E-state index in [1.807, 2.05) is 0 Å². The van der Waals surface area contributed by atoms with Crippen LogP contribution >= 0.6 is 0 Å². The molecule has 2 heterocycles. The second-order valence-electron chi connectivity index (χ2n) is 5.44. The van der Waals surface area contributed by atoms with Crippen LogP contribution in [0.25, 0.3) is 0 Å². The lowest BCUT2D eigenvalue weighted by Crippen LogP contribution is -2.40. The standard InChI is InChI=1S/C14H17FO3S/c1-18-13-6-9(2-5-12(13)15)14(16)7-10-3-4-11(8-14)19(10)17/h2,5-6,10-11,16H,3-4,7-8H2,1H3. The molecule has 2 bridgehead atoms. The first-order valence-electron chi connectivity index (χ1n) is 6.49.